The van der Waals surface area contributed by atoms with Crippen LogP contribution in [0.15, 0.2) is 30.3 Å². The van der Waals surface area contributed by atoms with Crippen molar-refractivity contribution >= 4 is 11.9 Å². The Morgan fingerprint density at radius 3 is 2.23 bits per heavy atom. The molecule has 1 fully saturated rings. The number of imide groups is 1. The van der Waals surface area contributed by atoms with Crippen molar-refractivity contribution in [3.63, 3.8) is 0 Å². The van der Waals surface area contributed by atoms with E-state index in [-0.39, 0.29) is 61.3 Å². The minimum atomic E-state index is -5.98. The average molecular weight is 576 g/mol. The molecule has 2 aliphatic rings. The maximum Gasteiger partial charge on any atom is 0.430 e. The molecule has 3 amide bonds. The Kier molecular flexibility index (Phi) is 7.37. The third kappa shape index (κ3) is 4.78. The molecule has 1 heterocycles. The van der Waals surface area contributed by atoms with Crippen LogP contribution in [0.3, 0.4) is 0 Å². The molecule has 0 saturated carbocycles. The Labute approximate surface area is 224 Å². The van der Waals surface area contributed by atoms with Crippen LogP contribution >= 0.6 is 0 Å². The van der Waals surface area contributed by atoms with Gasteiger partial charge < -0.3 is 25.4 Å². The van der Waals surface area contributed by atoms with Crippen molar-refractivity contribution in [1.82, 2.24) is 10.2 Å². The van der Waals surface area contributed by atoms with Gasteiger partial charge in [-0.05, 0) is 73.9 Å². The highest BCUT2D eigenvalue weighted by Crippen LogP contribution is 2.53. The van der Waals surface area contributed by atoms with Gasteiger partial charge in [-0.15, -0.1) is 0 Å². The predicted molar refractivity (Wildman–Crippen MR) is 127 cm³/mol. The lowest BCUT2D eigenvalue weighted by Gasteiger charge is -2.34. The third-order valence-corrected chi connectivity index (χ3v) is 7.31. The molecule has 0 aromatic heterocycles. The highest BCUT2D eigenvalue weighted by atomic mass is 19.4. The van der Waals surface area contributed by atoms with Gasteiger partial charge in [-0.25, -0.2) is 4.79 Å². The smallest absolute Gasteiger partial charge is 0.430 e. The monoisotopic (exact) mass is 576 g/mol. The van der Waals surface area contributed by atoms with E-state index in [0.717, 1.165) is 11.0 Å². The van der Waals surface area contributed by atoms with E-state index in [2.05, 4.69) is 5.32 Å². The lowest BCUT2D eigenvalue weighted by atomic mass is 9.86. The number of aliphatic hydroxyl groups is 1. The van der Waals surface area contributed by atoms with Crippen LogP contribution in [-0.2, 0) is 28.8 Å². The second kappa shape index (κ2) is 10.1. The number of ether oxygens (including phenoxy) is 1. The fourth-order valence-electron chi connectivity index (χ4n) is 5.10. The van der Waals surface area contributed by atoms with Crippen molar-refractivity contribution in [2.24, 2.45) is 0 Å². The molecule has 1 atom stereocenters. The van der Waals surface area contributed by atoms with E-state index in [1.807, 2.05) is 0 Å². The number of carbonyl (C=O) groups excluding carboxylic acids is 2. The Morgan fingerprint density at radius 1 is 0.950 bits per heavy atom. The van der Waals surface area contributed by atoms with Gasteiger partial charge in [-0.1, -0.05) is 12.1 Å². The first-order valence-corrected chi connectivity index (χ1v) is 12.3. The third-order valence-electron chi connectivity index (χ3n) is 7.31. The van der Waals surface area contributed by atoms with Gasteiger partial charge in [0.15, 0.2) is 11.5 Å². The molecule has 1 aliphatic heterocycles. The molecule has 14 heteroatoms. The maximum atomic E-state index is 13.4. The highest BCUT2D eigenvalue weighted by Gasteiger charge is 2.72. The summed E-state index contributed by atoms with van der Waals surface area (Å²) in [4.78, 5) is 26.4. The first-order valence-electron chi connectivity index (χ1n) is 12.3. The average Bonchev–Trinajstić information content (AvgIpc) is 3.43. The van der Waals surface area contributed by atoms with Crippen LogP contribution in [0.1, 0.15) is 48.4 Å². The van der Waals surface area contributed by atoms with E-state index < -0.39 is 52.5 Å². The van der Waals surface area contributed by atoms with Gasteiger partial charge in [0, 0.05) is 12.1 Å². The van der Waals surface area contributed by atoms with Gasteiger partial charge >= 0.3 is 18.4 Å². The SMILES string of the molecule is CC1(c2ccc(O)c(O)c2)NC(=O)N(CCCCOc2ccc(C(O)(C(F)(F)F)C(F)(F)F)c3c2CCC3)C1=O. The van der Waals surface area contributed by atoms with Gasteiger partial charge in [0.25, 0.3) is 11.5 Å². The summed E-state index contributed by atoms with van der Waals surface area (Å²) in [5, 5.41) is 31.7. The van der Waals surface area contributed by atoms with Crippen molar-refractivity contribution in [3.05, 3.63) is 52.6 Å². The number of aromatic hydroxyl groups is 2. The summed E-state index contributed by atoms with van der Waals surface area (Å²) in [6, 6.07) is 4.65. The first kappa shape index (κ1) is 29.3. The molecule has 218 valence electrons. The van der Waals surface area contributed by atoms with Crippen LogP contribution in [0, 0.1) is 0 Å². The lowest BCUT2D eigenvalue weighted by Crippen LogP contribution is -2.54. The van der Waals surface area contributed by atoms with Crippen LogP contribution in [-0.4, -0.2) is 57.7 Å². The number of urea groups is 1. The standard InChI is InChI=1S/C26H26F6N2O6/c1-23(14-7-9-18(35)19(36)13-14)21(37)34(22(38)33-23)11-2-3-12-40-20-10-8-17(15-5-4-6-16(15)20)24(39,25(27,28)29)26(30,31)32/h7-10,13,35-36,39H,2-6,11-12H2,1H3,(H,33,38). The van der Waals surface area contributed by atoms with Gasteiger partial charge in [0.2, 0.25) is 0 Å². The minimum Gasteiger partial charge on any atom is -0.504 e. The van der Waals surface area contributed by atoms with Crippen LogP contribution in [0.25, 0.3) is 0 Å². The summed E-state index contributed by atoms with van der Waals surface area (Å²) >= 11 is 0. The van der Waals surface area contributed by atoms with Gasteiger partial charge in [-0.3, -0.25) is 9.69 Å². The normalized spacial score (nSPS) is 19.6. The quantitative estimate of drug-likeness (QED) is 0.159. The summed E-state index contributed by atoms with van der Waals surface area (Å²) in [7, 11) is 0. The maximum absolute atomic E-state index is 13.4. The molecule has 4 N–H and O–H groups in total. The number of carbonyl (C=O) groups is 2. The van der Waals surface area contributed by atoms with E-state index in [1.165, 1.54) is 25.1 Å². The molecule has 1 aliphatic carbocycles. The minimum absolute atomic E-state index is 0.00134. The Balaban J connectivity index is 1.40. The molecular formula is C26H26F6N2O6. The van der Waals surface area contributed by atoms with E-state index >= 15 is 0 Å². The predicted octanol–water partition coefficient (Wildman–Crippen LogP) is 4.52. The molecule has 2 aromatic carbocycles. The molecule has 0 spiro atoms. The number of phenols is 2. The molecule has 1 unspecified atom stereocenters. The van der Waals surface area contributed by atoms with E-state index in [4.69, 9.17) is 4.74 Å². The Morgan fingerprint density at radius 2 is 1.60 bits per heavy atom. The number of amides is 3. The van der Waals surface area contributed by atoms with Crippen LogP contribution < -0.4 is 10.1 Å². The summed E-state index contributed by atoms with van der Waals surface area (Å²) in [5.41, 5.74) is -7.55. The number of hydrogen-bond donors (Lipinski definition) is 4. The van der Waals surface area contributed by atoms with Crippen molar-refractivity contribution in [1.29, 1.82) is 0 Å². The molecular weight excluding hydrogens is 550 g/mol. The number of alkyl halides is 6. The Hall–Kier alpha value is -3.68. The topological polar surface area (TPSA) is 119 Å². The molecule has 1 saturated heterocycles. The van der Waals surface area contributed by atoms with Crippen LogP contribution in [0.2, 0.25) is 0 Å². The molecule has 4 rings (SSSR count). The van der Waals surface area contributed by atoms with Gasteiger partial charge in [-0.2, -0.15) is 26.3 Å². The Bertz CT molecular complexity index is 1310. The first-order chi connectivity index (χ1) is 18.5. The van der Waals surface area contributed by atoms with Crippen LogP contribution in [0.4, 0.5) is 31.1 Å². The van der Waals surface area contributed by atoms with Crippen molar-refractivity contribution in [2.45, 2.75) is 62.5 Å². The van der Waals surface area contributed by atoms with Crippen molar-refractivity contribution in [2.75, 3.05) is 13.2 Å². The summed E-state index contributed by atoms with van der Waals surface area (Å²) in [6.07, 6.45) is -11.0. The lowest BCUT2D eigenvalue weighted by molar-refractivity contribution is -0.376. The van der Waals surface area contributed by atoms with Crippen molar-refractivity contribution < 1.29 is 56.0 Å². The number of phenolic OH excluding ortho intramolecular Hbond substituents is 2. The molecule has 40 heavy (non-hydrogen) atoms. The van der Waals surface area contributed by atoms with E-state index in [9.17, 15) is 51.3 Å². The number of fused-ring (bicyclic) bond motifs is 1. The fraction of sp³-hybridized carbons (Fsp3) is 0.462. The number of hydrogen-bond acceptors (Lipinski definition) is 6. The van der Waals surface area contributed by atoms with Crippen LogP contribution in [0.5, 0.6) is 17.2 Å². The van der Waals surface area contributed by atoms with E-state index in [0.29, 0.717) is 12.5 Å². The zero-order valence-corrected chi connectivity index (χ0v) is 21.1. The number of nitrogens with zero attached hydrogens (tertiary/aromatic N) is 1. The number of nitrogens with one attached hydrogen (secondary N) is 1. The largest absolute Gasteiger partial charge is 0.504 e. The fourth-order valence-corrected chi connectivity index (χ4v) is 5.10. The van der Waals surface area contributed by atoms with Crippen molar-refractivity contribution in [3.8, 4) is 17.2 Å². The molecule has 0 radical (unpaired) electrons. The van der Waals surface area contributed by atoms with Gasteiger partial charge in [0.1, 0.15) is 11.3 Å². The summed E-state index contributed by atoms with van der Waals surface area (Å²) < 4.78 is 86.2. The summed E-state index contributed by atoms with van der Waals surface area (Å²) in [5.74, 6) is -1.33. The number of unbranched alkanes of at least 4 members (excludes halogenated alkanes) is 1. The number of rotatable bonds is 8. The van der Waals surface area contributed by atoms with E-state index in [1.54, 1.807) is 0 Å². The molecule has 8 nitrogen and oxygen atoms in total. The second-order valence-corrected chi connectivity index (χ2v) is 9.90. The second-order valence-electron chi connectivity index (χ2n) is 9.90. The summed E-state index contributed by atoms with van der Waals surface area (Å²) in [6.45, 7) is 1.45. The highest BCUT2D eigenvalue weighted by molar-refractivity contribution is 6.07. The van der Waals surface area contributed by atoms with Gasteiger partial charge in [0.05, 0.1) is 6.61 Å². The molecule has 0 bridgehead atoms. The zero-order chi connectivity index (χ0) is 29.7. The molecule has 2 aromatic rings. The number of benzene rings is 2. The number of halogens is 6. The zero-order valence-electron chi connectivity index (χ0n) is 21.1.